The van der Waals surface area contributed by atoms with Crippen molar-refractivity contribution in [2.24, 2.45) is 0 Å². The molecule has 0 aliphatic heterocycles. The van der Waals surface area contributed by atoms with Gasteiger partial charge in [0.15, 0.2) is 11.6 Å². The second-order valence-electron chi connectivity index (χ2n) is 1.92. The van der Waals surface area contributed by atoms with E-state index in [1.54, 1.807) is 6.92 Å². The predicted molar refractivity (Wildman–Crippen MR) is 40.4 cm³/mol. The average Bonchev–Trinajstić information content (AvgIpc) is 1.82. The van der Waals surface area contributed by atoms with E-state index in [0.717, 1.165) is 0 Å². The van der Waals surface area contributed by atoms with E-state index < -0.39 is 0 Å². The number of nitrogens with two attached hydrogens (primary N) is 1. The van der Waals surface area contributed by atoms with E-state index in [9.17, 15) is 0 Å². The number of rotatable bonds is 0. The molecule has 0 amide bonds. The summed E-state index contributed by atoms with van der Waals surface area (Å²) in [5.41, 5.74) is 5.28. The van der Waals surface area contributed by atoms with Crippen molar-refractivity contribution < 1.29 is 9.52 Å². The Morgan fingerprint density at radius 2 is 2.30 bits per heavy atom. The highest BCUT2D eigenvalue weighted by Gasteiger charge is 2.00. The molecule has 0 saturated carbocycles. The molecule has 0 aromatic carbocycles. The highest BCUT2D eigenvalue weighted by molar-refractivity contribution is 7.71. The summed E-state index contributed by atoms with van der Waals surface area (Å²) in [6, 6.07) is 1.40. The average molecular weight is 157 g/mol. The van der Waals surface area contributed by atoms with Gasteiger partial charge in [0.2, 0.25) is 0 Å². The maximum atomic E-state index is 9.08. The summed E-state index contributed by atoms with van der Waals surface area (Å²) in [5.74, 6) is 0.564. The SMILES string of the molecule is Cc1oc(N)cc(=S)c1O. The molecule has 3 N–H and O–H groups in total. The molecule has 0 saturated heterocycles. The molecule has 1 rings (SSSR count). The lowest BCUT2D eigenvalue weighted by Gasteiger charge is -1.97. The van der Waals surface area contributed by atoms with Crippen molar-refractivity contribution >= 4 is 18.1 Å². The summed E-state index contributed by atoms with van der Waals surface area (Å²) in [7, 11) is 0. The van der Waals surface area contributed by atoms with Crippen LogP contribution in [-0.4, -0.2) is 5.11 Å². The van der Waals surface area contributed by atoms with Gasteiger partial charge in [-0.2, -0.15) is 0 Å². The maximum absolute atomic E-state index is 9.08. The summed E-state index contributed by atoms with van der Waals surface area (Å²) in [6.07, 6.45) is 0. The number of anilines is 1. The van der Waals surface area contributed by atoms with Crippen LogP contribution in [-0.2, 0) is 0 Å². The molecule has 0 fully saturated rings. The van der Waals surface area contributed by atoms with Gasteiger partial charge >= 0.3 is 0 Å². The van der Waals surface area contributed by atoms with E-state index in [4.69, 9.17) is 27.5 Å². The van der Waals surface area contributed by atoms with Gasteiger partial charge in [0.25, 0.3) is 0 Å². The fraction of sp³-hybridized carbons (Fsp3) is 0.167. The first-order valence-electron chi connectivity index (χ1n) is 2.70. The van der Waals surface area contributed by atoms with Crippen LogP contribution in [0.15, 0.2) is 10.5 Å². The van der Waals surface area contributed by atoms with Gasteiger partial charge in [-0.25, -0.2) is 0 Å². The minimum absolute atomic E-state index is 0.01000. The minimum atomic E-state index is -0.01000. The van der Waals surface area contributed by atoms with E-state index in [0.29, 0.717) is 10.3 Å². The van der Waals surface area contributed by atoms with Crippen molar-refractivity contribution in [3.63, 3.8) is 0 Å². The molecule has 1 heterocycles. The van der Waals surface area contributed by atoms with Crippen LogP contribution < -0.4 is 5.73 Å². The summed E-state index contributed by atoms with van der Waals surface area (Å²) < 4.78 is 5.17. The van der Waals surface area contributed by atoms with Gasteiger partial charge in [0.1, 0.15) is 5.76 Å². The van der Waals surface area contributed by atoms with E-state index in [-0.39, 0.29) is 11.6 Å². The highest BCUT2D eigenvalue weighted by atomic mass is 32.1. The monoisotopic (exact) mass is 157 g/mol. The van der Waals surface area contributed by atoms with Crippen LogP contribution in [0.25, 0.3) is 0 Å². The topological polar surface area (TPSA) is 59.4 Å². The zero-order chi connectivity index (χ0) is 7.72. The lowest BCUT2D eigenvalue weighted by Crippen LogP contribution is -1.85. The Balaban J connectivity index is 3.46. The Hall–Kier alpha value is -1.03. The Morgan fingerprint density at radius 1 is 1.70 bits per heavy atom. The molecule has 1 aromatic heterocycles. The quantitative estimate of drug-likeness (QED) is 0.561. The van der Waals surface area contributed by atoms with Crippen molar-refractivity contribution in [2.45, 2.75) is 6.92 Å². The number of aryl methyl sites for hydroxylation is 1. The Morgan fingerprint density at radius 3 is 2.80 bits per heavy atom. The first kappa shape index (κ1) is 7.08. The van der Waals surface area contributed by atoms with Gasteiger partial charge in [-0.15, -0.1) is 0 Å². The molecule has 10 heavy (non-hydrogen) atoms. The Kier molecular flexibility index (Phi) is 1.63. The summed E-state index contributed by atoms with van der Waals surface area (Å²) in [4.78, 5) is 0. The van der Waals surface area contributed by atoms with Crippen LogP contribution in [0.2, 0.25) is 0 Å². The molecular formula is C6H7NO2S. The largest absolute Gasteiger partial charge is 0.503 e. The van der Waals surface area contributed by atoms with Gasteiger partial charge in [-0.1, -0.05) is 12.2 Å². The summed E-state index contributed by atoms with van der Waals surface area (Å²) in [5, 5.41) is 9.08. The van der Waals surface area contributed by atoms with Crippen LogP contribution >= 0.6 is 12.2 Å². The first-order chi connectivity index (χ1) is 4.61. The molecule has 0 aliphatic rings. The van der Waals surface area contributed by atoms with E-state index >= 15 is 0 Å². The number of hydrogen-bond donors (Lipinski definition) is 2. The molecule has 54 valence electrons. The van der Waals surface area contributed by atoms with E-state index in [1.807, 2.05) is 0 Å². The van der Waals surface area contributed by atoms with Gasteiger partial charge in [0.05, 0.1) is 4.51 Å². The fourth-order valence-electron chi connectivity index (χ4n) is 0.626. The molecule has 1 aromatic rings. The third-order valence-electron chi connectivity index (χ3n) is 1.11. The number of hydrogen-bond acceptors (Lipinski definition) is 4. The lowest BCUT2D eigenvalue weighted by atomic mass is 10.4. The van der Waals surface area contributed by atoms with E-state index in [1.165, 1.54) is 6.07 Å². The molecular weight excluding hydrogens is 150 g/mol. The minimum Gasteiger partial charge on any atom is -0.503 e. The number of aromatic hydroxyl groups is 1. The lowest BCUT2D eigenvalue weighted by molar-refractivity contribution is 0.421. The van der Waals surface area contributed by atoms with Gasteiger partial charge in [-0.3, -0.25) is 0 Å². The third kappa shape index (κ3) is 1.11. The predicted octanol–water partition coefficient (Wildman–Crippen LogP) is 1.61. The van der Waals surface area contributed by atoms with Crippen molar-refractivity contribution in [3.05, 3.63) is 16.3 Å². The highest BCUT2D eigenvalue weighted by Crippen LogP contribution is 2.20. The normalized spacial score (nSPS) is 9.70. The summed E-state index contributed by atoms with van der Waals surface area (Å²) >= 11 is 4.74. The van der Waals surface area contributed by atoms with Gasteiger partial charge < -0.3 is 15.3 Å². The zero-order valence-electron chi connectivity index (χ0n) is 5.42. The molecule has 0 unspecified atom stereocenters. The second kappa shape index (κ2) is 2.30. The van der Waals surface area contributed by atoms with Crippen LogP contribution in [0.4, 0.5) is 5.88 Å². The number of nitrogen functional groups attached to an aromatic ring is 1. The zero-order valence-corrected chi connectivity index (χ0v) is 6.23. The van der Waals surface area contributed by atoms with Crippen LogP contribution in [0.3, 0.4) is 0 Å². The van der Waals surface area contributed by atoms with Crippen LogP contribution in [0.1, 0.15) is 5.76 Å². The van der Waals surface area contributed by atoms with Crippen molar-refractivity contribution in [1.29, 1.82) is 0 Å². The Bertz CT molecular complexity index is 305. The first-order valence-corrected chi connectivity index (χ1v) is 3.11. The maximum Gasteiger partial charge on any atom is 0.192 e. The molecule has 0 bridgehead atoms. The molecule has 0 atom stereocenters. The van der Waals surface area contributed by atoms with Crippen molar-refractivity contribution in [2.75, 3.05) is 5.73 Å². The summed E-state index contributed by atoms with van der Waals surface area (Å²) in [6.45, 7) is 1.60. The molecule has 0 spiro atoms. The van der Waals surface area contributed by atoms with Gasteiger partial charge in [-0.05, 0) is 6.92 Å². The van der Waals surface area contributed by atoms with Crippen molar-refractivity contribution in [1.82, 2.24) is 0 Å². The molecule has 3 nitrogen and oxygen atoms in total. The molecule has 0 aliphatic carbocycles. The van der Waals surface area contributed by atoms with Crippen LogP contribution in [0.5, 0.6) is 5.75 Å². The van der Waals surface area contributed by atoms with Crippen LogP contribution in [0, 0.1) is 11.4 Å². The fourth-order valence-corrected chi connectivity index (χ4v) is 0.886. The third-order valence-corrected chi connectivity index (χ3v) is 1.42. The standard InChI is InChI=1S/C6H7NO2S/c1-3-6(8)4(10)2-5(7)9-3/h2,8H,7H2,1H3. The molecule has 0 radical (unpaired) electrons. The Labute approximate surface area is 63.1 Å². The van der Waals surface area contributed by atoms with Gasteiger partial charge in [0, 0.05) is 6.07 Å². The molecule has 4 heteroatoms. The van der Waals surface area contributed by atoms with Crippen molar-refractivity contribution in [3.8, 4) is 5.75 Å². The van der Waals surface area contributed by atoms with E-state index in [2.05, 4.69) is 0 Å². The smallest absolute Gasteiger partial charge is 0.192 e. The second-order valence-corrected chi connectivity index (χ2v) is 2.36.